The molecule has 3 rings (SSSR count). The SMILES string of the molecule is C[N+](C)(C)CC(O)COc1ccc(-n2nc3ccccc3n2)c(O)c1.[Cl-]. The van der Waals surface area contributed by atoms with Gasteiger partial charge in [0.25, 0.3) is 0 Å². The lowest BCUT2D eigenvalue weighted by molar-refractivity contribution is -0.873. The molecule has 0 spiro atoms. The molecule has 1 unspecified atom stereocenters. The van der Waals surface area contributed by atoms with Crippen molar-refractivity contribution in [2.75, 3.05) is 34.3 Å². The average Bonchev–Trinajstić information content (AvgIpc) is 2.95. The number of benzene rings is 2. The van der Waals surface area contributed by atoms with Crippen LogP contribution in [0.3, 0.4) is 0 Å². The van der Waals surface area contributed by atoms with Crippen LogP contribution in [0, 0.1) is 0 Å². The highest BCUT2D eigenvalue weighted by molar-refractivity contribution is 5.73. The summed E-state index contributed by atoms with van der Waals surface area (Å²) in [6, 6.07) is 12.4. The monoisotopic (exact) mass is 378 g/mol. The highest BCUT2D eigenvalue weighted by Gasteiger charge is 2.16. The second-order valence-corrected chi connectivity index (χ2v) is 7.07. The Kier molecular flexibility index (Phi) is 6.07. The molecule has 1 aromatic heterocycles. The molecule has 7 nitrogen and oxygen atoms in total. The summed E-state index contributed by atoms with van der Waals surface area (Å²) in [5.74, 6) is 0.498. The minimum absolute atomic E-state index is 0. The average molecular weight is 379 g/mol. The first-order valence-corrected chi connectivity index (χ1v) is 8.09. The Hall–Kier alpha value is -2.35. The molecule has 0 radical (unpaired) electrons. The zero-order valence-electron chi connectivity index (χ0n) is 15.0. The number of aromatic nitrogens is 3. The Bertz CT molecular complexity index is 843. The van der Waals surface area contributed by atoms with Gasteiger partial charge in [0.05, 0.1) is 21.1 Å². The van der Waals surface area contributed by atoms with Crippen LogP contribution in [-0.2, 0) is 0 Å². The summed E-state index contributed by atoms with van der Waals surface area (Å²) in [5, 5.41) is 29.0. The number of quaternary nitrogens is 1. The number of phenolic OH excluding ortho intramolecular Hbond substituents is 1. The molecular weight excluding hydrogens is 356 g/mol. The van der Waals surface area contributed by atoms with E-state index in [1.54, 1.807) is 12.1 Å². The summed E-state index contributed by atoms with van der Waals surface area (Å²) in [4.78, 5) is 1.40. The number of phenols is 1. The molecule has 0 amide bonds. The number of aliphatic hydroxyl groups is 1. The first-order valence-electron chi connectivity index (χ1n) is 8.09. The van der Waals surface area contributed by atoms with Gasteiger partial charge in [-0.2, -0.15) is 0 Å². The van der Waals surface area contributed by atoms with Crippen LogP contribution < -0.4 is 17.1 Å². The smallest absolute Gasteiger partial charge is 0.146 e. The third kappa shape index (κ3) is 4.85. The fourth-order valence-corrected chi connectivity index (χ4v) is 2.61. The molecule has 0 aliphatic carbocycles. The lowest BCUT2D eigenvalue weighted by atomic mass is 10.2. The van der Waals surface area contributed by atoms with Gasteiger partial charge in [0.2, 0.25) is 0 Å². The van der Waals surface area contributed by atoms with Crippen LogP contribution in [-0.4, -0.2) is 70.1 Å². The Morgan fingerprint density at radius 2 is 1.69 bits per heavy atom. The zero-order chi connectivity index (χ0) is 18.0. The van der Waals surface area contributed by atoms with E-state index in [4.69, 9.17) is 4.74 Å². The third-order valence-electron chi connectivity index (χ3n) is 3.65. The maximum Gasteiger partial charge on any atom is 0.146 e. The van der Waals surface area contributed by atoms with Crippen molar-refractivity contribution >= 4 is 11.0 Å². The normalized spacial score (nSPS) is 12.6. The number of halogens is 1. The molecule has 0 fully saturated rings. The fraction of sp³-hybridized carbons (Fsp3) is 0.333. The Labute approximate surface area is 158 Å². The number of rotatable bonds is 6. The summed E-state index contributed by atoms with van der Waals surface area (Å²) in [5.41, 5.74) is 1.98. The molecule has 8 heteroatoms. The predicted molar refractivity (Wildman–Crippen MR) is 94.9 cm³/mol. The van der Waals surface area contributed by atoms with Gasteiger partial charge in [-0.1, -0.05) is 12.1 Å². The van der Waals surface area contributed by atoms with Crippen LogP contribution in [0.2, 0.25) is 0 Å². The highest BCUT2D eigenvalue weighted by Crippen LogP contribution is 2.26. The van der Waals surface area contributed by atoms with Crippen LogP contribution in [0.15, 0.2) is 42.5 Å². The maximum absolute atomic E-state index is 10.3. The number of likely N-dealkylation sites (N-methyl/N-ethyl adjacent to an activating group) is 1. The first-order chi connectivity index (χ1) is 11.8. The molecule has 3 aromatic rings. The number of hydrogen-bond acceptors (Lipinski definition) is 5. The largest absolute Gasteiger partial charge is 1.00 e. The van der Waals surface area contributed by atoms with E-state index in [-0.39, 0.29) is 24.8 Å². The van der Waals surface area contributed by atoms with Crippen molar-refractivity contribution in [1.29, 1.82) is 0 Å². The molecule has 2 aromatic carbocycles. The van der Waals surface area contributed by atoms with Crippen molar-refractivity contribution in [1.82, 2.24) is 15.0 Å². The van der Waals surface area contributed by atoms with E-state index in [1.807, 2.05) is 45.4 Å². The Balaban J connectivity index is 0.00000243. The highest BCUT2D eigenvalue weighted by atomic mass is 35.5. The van der Waals surface area contributed by atoms with E-state index in [0.717, 1.165) is 11.0 Å². The van der Waals surface area contributed by atoms with Crippen molar-refractivity contribution in [3.8, 4) is 17.2 Å². The molecule has 1 heterocycles. The molecule has 0 aliphatic heterocycles. The van der Waals surface area contributed by atoms with Gasteiger partial charge in [-0.15, -0.1) is 15.0 Å². The van der Waals surface area contributed by atoms with Gasteiger partial charge >= 0.3 is 0 Å². The van der Waals surface area contributed by atoms with Crippen LogP contribution in [0.4, 0.5) is 0 Å². The van der Waals surface area contributed by atoms with Gasteiger partial charge in [0, 0.05) is 6.07 Å². The molecule has 1 atom stereocenters. The van der Waals surface area contributed by atoms with Crippen LogP contribution in [0.5, 0.6) is 11.5 Å². The standard InChI is InChI=1S/C18H22N4O3.ClH/c1-22(2,3)11-13(23)12-25-14-8-9-17(18(24)10-14)21-19-15-6-4-5-7-16(15)20-21;/h4-10,13,23H,11-12H2,1-3H3;1H. The van der Waals surface area contributed by atoms with Crippen LogP contribution >= 0.6 is 0 Å². The molecule has 2 N–H and O–H groups in total. The number of hydrogen-bond donors (Lipinski definition) is 2. The minimum Gasteiger partial charge on any atom is -1.00 e. The van der Waals surface area contributed by atoms with Gasteiger partial charge < -0.3 is 31.8 Å². The molecule has 0 bridgehead atoms. The molecule has 0 saturated carbocycles. The van der Waals surface area contributed by atoms with Gasteiger partial charge in [0.15, 0.2) is 0 Å². The maximum atomic E-state index is 10.3. The first kappa shape index (κ1) is 20.0. The number of fused-ring (bicyclic) bond motifs is 1. The van der Waals surface area contributed by atoms with Gasteiger partial charge in [-0.25, -0.2) is 0 Å². The summed E-state index contributed by atoms with van der Waals surface area (Å²) in [6.07, 6.45) is -0.583. The van der Waals surface area contributed by atoms with Crippen molar-refractivity contribution in [2.45, 2.75) is 6.10 Å². The van der Waals surface area contributed by atoms with E-state index in [2.05, 4.69) is 10.2 Å². The zero-order valence-corrected chi connectivity index (χ0v) is 15.8. The molecule has 140 valence electrons. The summed E-state index contributed by atoms with van der Waals surface area (Å²) in [6.45, 7) is 0.742. The van der Waals surface area contributed by atoms with Crippen molar-refractivity contribution in [2.24, 2.45) is 0 Å². The molecule has 26 heavy (non-hydrogen) atoms. The van der Waals surface area contributed by atoms with Crippen molar-refractivity contribution in [3.63, 3.8) is 0 Å². The summed E-state index contributed by atoms with van der Waals surface area (Å²) >= 11 is 0. The molecule has 0 saturated heterocycles. The number of aromatic hydroxyl groups is 1. The van der Waals surface area contributed by atoms with E-state index in [0.29, 0.717) is 22.5 Å². The van der Waals surface area contributed by atoms with Gasteiger partial charge in [-0.3, -0.25) is 0 Å². The van der Waals surface area contributed by atoms with Gasteiger partial charge in [0.1, 0.15) is 47.5 Å². The number of aliphatic hydroxyl groups excluding tert-OH is 1. The topological polar surface area (TPSA) is 80.4 Å². The lowest BCUT2D eigenvalue weighted by Crippen LogP contribution is -3.00. The van der Waals surface area contributed by atoms with Crippen molar-refractivity contribution < 1.29 is 31.8 Å². The van der Waals surface area contributed by atoms with Crippen molar-refractivity contribution in [3.05, 3.63) is 42.5 Å². The molecular formula is C18H23ClN4O3. The lowest BCUT2D eigenvalue weighted by Gasteiger charge is -2.26. The second kappa shape index (κ2) is 7.90. The van der Waals surface area contributed by atoms with Gasteiger partial charge in [-0.05, 0) is 24.3 Å². The van der Waals surface area contributed by atoms with Crippen LogP contribution in [0.1, 0.15) is 0 Å². The Morgan fingerprint density at radius 3 is 2.23 bits per heavy atom. The molecule has 0 aliphatic rings. The summed E-state index contributed by atoms with van der Waals surface area (Å²) < 4.78 is 6.22. The van der Waals surface area contributed by atoms with E-state index in [9.17, 15) is 10.2 Å². The van der Waals surface area contributed by atoms with E-state index in [1.165, 1.54) is 10.9 Å². The fourth-order valence-electron chi connectivity index (χ4n) is 2.61. The third-order valence-corrected chi connectivity index (χ3v) is 3.65. The second-order valence-electron chi connectivity index (χ2n) is 7.07. The van der Waals surface area contributed by atoms with Crippen LogP contribution in [0.25, 0.3) is 16.7 Å². The van der Waals surface area contributed by atoms with E-state index >= 15 is 0 Å². The van der Waals surface area contributed by atoms with E-state index < -0.39 is 6.10 Å². The number of ether oxygens (including phenoxy) is 1. The number of nitrogens with zero attached hydrogens (tertiary/aromatic N) is 4. The minimum atomic E-state index is -0.583. The quantitative estimate of drug-likeness (QED) is 0.514. The summed E-state index contributed by atoms with van der Waals surface area (Å²) in [7, 11) is 6.01. The predicted octanol–water partition coefficient (Wildman–Crippen LogP) is -1.42. The Morgan fingerprint density at radius 1 is 1.08 bits per heavy atom.